The molecule has 3 nitrogen and oxygen atoms in total. The molecule has 1 aromatic rings. The van der Waals surface area contributed by atoms with Crippen molar-refractivity contribution in [1.82, 2.24) is 10.6 Å². The summed E-state index contributed by atoms with van der Waals surface area (Å²) in [5.41, 5.74) is 0.610. The molecule has 1 rings (SSSR count). The summed E-state index contributed by atoms with van der Waals surface area (Å²) in [4.78, 5) is 11.9. The molecule has 0 aliphatic carbocycles. The van der Waals surface area contributed by atoms with Crippen molar-refractivity contribution in [3.8, 4) is 0 Å². The standard InChI is InChI=1S/C16H25FN2O/c1-5-15(13-8-6-7-9-14(13)17)19-12(4)16(20)18-10-11(2)3/h6-9,11-12,15,19H,5,10H2,1-4H3,(H,18,20). The molecular weight excluding hydrogens is 255 g/mol. The lowest BCUT2D eigenvalue weighted by atomic mass is 10.0. The molecule has 0 saturated carbocycles. The van der Waals surface area contributed by atoms with E-state index >= 15 is 0 Å². The van der Waals surface area contributed by atoms with Gasteiger partial charge in [0.2, 0.25) is 5.91 Å². The van der Waals surface area contributed by atoms with Gasteiger partial charge in [-0.25, -0.2) is 4.39 Å². The van der Waals surface area contributed by atoms with E-state index in [1.165, 1.54) is 6.07 Å². The number of nitrogens with one attached hydrogen (secondary N) is 2. The van der Waals surface area contributed by atoms with E-state index in [0.717, 1.165) is 6.42 Å². The lowest BCUT2D eigenvalue weighted by molar-refractivity contribution is -0.123. The molecule has 4 heteroatoms. The number of carbonyl (C=O) groups is 1. The highest BCUT2D eigenvalue weighted by atomic mass is 19.1. The van der Waals surface area contributed by atoms with Crippen molar-refractivity contribution in [2.75, 3.05) is 6.54 Å². The van der Waals surface area contributed by atoms with Crippen LogP contribution >= 0.6 is 0 Å². The molecule has 0 saturated heterocycles. The van der Waals surface area contributed by atoms with E-state index in [-0.39, 0.29) is 23.8 Å². The molecule has 0 fully saturated rings. The lowest BCUT2D eigenvalue weighted by Gasteiger charge is -2.23. The van der Waals surface area contributed by atoms with Gasteiger partial charge in [0.05, 0.1) is 6.04 Å². The van der Waals surface area contributed by atoms with E-state index in [2.05, 4.69) is 10.6 Å². The maximum atomic E-state index is 13.8. The molecule has 0 aliphatic rings. The van der Waals surface area contributed by atoms with Gasteiger partial charge in [-0.1, -0.05) is 39.0 Å². The zero-order valence-corrected chi connectivity index (χ0v) is 12.7. The van der Waals surface area contributed by atoms with Crippen LogP contribution in [0.25, 0.3) is 0 Å². The van der Waals surface area contributed by atoms with Gasteiger partial charge in [0.15, 0.2) is 0 Å². The van der Waals surface area contributed by atoms with Crippen molar-refractivity contribution >= 4 is 5.91 Å². The number of hydrogen-bond donors (Lipinski definition) is 2. The molecule has 0 bridgehead atoms. The number of hydrogen-bond acceptors (Lipinski definition) is 2. The summed E-state index contributed by atoms with van der Waals surface area (Å²) in [5.74, 6) is 0.134. The molecular formula is C16H25FN2O. The summed E-state index contributed by atoms with van der Waals surface area (Å²) in [6.45, 7) is 8.53. The van der Waals surface area contributed by atoms with Crippen LogP contribution in [0.3, 0.4) is 0 Å². The van der Waals surface area contributed by atoms with Gasteiger partial charge < -0.3 is 5.32 Å². The first kappa shape index (κ1) is 16.6. The maximum absolute atomic E-state index is 13.8. The minimum absolute atomic E-state index is 0.0477. The number of amides is 1. The van der Waals surface area contributed by atoms with Crippen LogP contribution in [0.2, 0.25) is 0 Å². The van der Waals surface area contributed by atoms with E-state index in [0.29, 0.717) is 18.0 Å². The predicted molar refractivity (Wildman–Crippen MR) is 79.9 cm³/mol. The van der Waals surface area contributed by atoms with Crippen molar-refractivity contribution in [2.45, 2.75) is 46.2 Å². The van der Waals surface area contributed by atoms with E-state index in [9.17, 15) is 9.18 Å². The topological polar surface area (TPSA) is 41.1 Å². The van der Waals surface area contributed by atoms with Crippen LogP contribution in [-0.4, -0.2) is 18.5 Å². The predicted octanol–water partition coefficient (Wildman–Crippen LogP) is 3.03. The van der Waals surface area contributed by atoms with Gasteiger partial charge in [-0.3, -0.25) is 10.1 Å². The Morgan fingerprint density at radius 3 is 2.45 bits per heavy atom. The third-order valence-corrected chi connectivity index (χ3v) is 3.22. The van der Waals surface area contributed by atoms with Gasteiger partial charge in [-0.2, -0.15) is 0 Å². The average Bonchev–Trinajstić information content (AvgIpc) is 2.42. The summed E-state index contributed by atoms with van der Waals surface area (Å²) in [6.07, 6.45) is 0.725. The highest BCUT2D eigenvalue weighted by Gasteiger charge is 2.19. The molecule has 0 spiro atoms. The molecule has 1 amide bonds. The normalized spacial score (nSPS) is 14.1. The second kappa shape index (κ2) is 8.00. The Morgan fingerprint density at radius 1 is 1.25 bits per heavy atom. The van der Waals surface area contributed by atoms with Crippen molar-refractivity contribution in [3.63, 3.8) is 0 Å². The van der Waals surface area contributed by atoms with Gasteiger partial charge in [0.1, 0.15) is 5.82 Å². The minimum atomic E-state index is -0.349. The summed E-state index contributed by atoms with van der Waals surface area (Å²) >= 11 is 0. The van der Waals surface area contributed by atoms with E-state index in [4.69, 9.17) is 0 Å². The zero-order valence-electron chi connectivity index (χ0n) is 12.7. The number of rotatable bonds is 7. The molecule has 1 aromatic carbocycles. The highest BCUT2D eigenvalue weighted by molar-refractivity contribution is 5.81. The molecule has 0 radical (unpaired) electrons. The van der Waals surface area contributed by atoms with Gasteiger partial charge in [-0.15, -0.1) is 0 Å². The third-order valence-electron chi connectivity index (χ3n) is 3.22. The Morgan fingerprint density at radius 2 is 1.90 bits per heavy atom. The van der Waals surface area contributed by atoms with Crippen LogP contribution in [-0.2, 0) is 4.79 Å². The van der Waals surface area contributed by atoms with Crippen LogP contribution in [0, 0.1) is 11.7 Å². The summed E-state index contributed by atoms with van der Waals surface area (Å²) in [7, 11) is 0. The lowest BCUT2D eigenvalue weighted by Crippen LogP contribution is -2.44. The van der Waals surface area contributed by atoms with Gasteiger partial charge in [0, 0.05) is 18.2 Å². The average molecular weight is 280 g/mol. The second-order valence-electron chi connectivity index (χ2n) is 5.51. The van der Waals surface area contributed by atoms with Crippen molar-refractivity contribution in [2.24, 2.45) is 5.92 Å². The number of halogens is 1. The quantitative estimate of drug-likeness (QED) is 0.806. The maximum Gasteiger partial charge on any atom is 0.236 e. The Labute approximate surface area is 121 Å². The first-order valence-corrected chi connectivity index (χ1v) is 7.23. The second-order valence-corrected chi connectivity index (χ2v) is 5.51. The largest absolute Gasteiger partial charge is 0.354 e. The fraction of sp³-hybridized carbons (Fsp3) is 0.562. The van der Waals surface area contributed by atoms with Gasteiger partial charge in [0.25, 0.3) is 0 Å². The first-order valence-electron chi connectivity index (χ1n) is 7.23. The summed E-state index contributed by atoms with van der Waals surface area (Å²) in [6, 6.07) is 6.18. The van der Waals surface area contributed by atoms with Crippen LogP contribution in [0.15, 0.2) is 24.3 Å². The summed E-state index contributed by atoms with van der Waals surface area (Å²) < 4.78 is 13.8. The Kier molecular flexibility index (Phi) is 6.65. The Balaban J connectivity index is 2.64. The highest BCUT2D eigenvalue weighted by Crippen LogP contribution is 2.20. The van der Waals surface area contributed by atoms with Gasteiger partial charge in [-0.05, 0) is 25.3 Å². The SMILES string of the molecule is CCC(NC(C)C(=O)NCC(C)C)c1ccccc1F. The molecule has 20 heavy (non-hydrogen) atoms. The molecule has 112 valence electrons. The molecule has 0 aliphatic heterocycles. The monoisotopic (exact) mass is 280 g/mol. The van der Waals surface area contributed by atoms with E-state index in [1.807, 2.05) is 26.8 Å². The molecule has 2 atom stereocenters. The Bertz CT molecular complexity index is 434. The van der Waals surface area contributed by atoms with Crippen molar-refractivity contribution in [1.29, 1.82) is 0 Å². The minimum Gasteiger partial charge on any atom is -0.354 e. The summed E-state index contributed by atoms with van der Waals surface area (Å²) in [5, 5.41) is 6.08. The molecule has 2 N–H and O–H groups in total. The first-order chi connectivity index (χ1) is 9.45. The van der Waals surface area contributed by atoms with Crippen LogP contribution in [0.5, 0.6) is 0 Å². The van der Waals surface area contributed by atoms with Crippen LogP contribution < -0.4 is 10.6 Å². The van der Waals surface area contributed by atoms with Crippen molar-refractivity contribution < 1.29 is 9.18 Å². The molecule has 2 unspecified atom stereocenters. The third kappa shape index (κ3) is 4.93. The zero-order chi connectivity index (χ0) is 15.1. The number of benzene rings is 1. The molecule has 0 aromatic heterocycles. The Hall–Kier alpha value is -1.42. The van der Waals surface area contributed by atoms with E-state index in [1.54, 1.807) is 19.1 Å². The fourth-order valence-corrected chi connectivity index (χ4v) is 2.02. The van der Waals surface area contributed by atoms with Crippen LogP contribution in [0.4, 0.5) is 4.39 Å². The van der Waals surface area contributed by atoms with Crippen molar-refractivity contribution in [3.05, 3.63) is 35.6 Å². The molecule has 0 heterocycles. The van der Waals surface area contributed by atoms with E-state index < -0.39 is 0 Å². The van der Waals surface area contributed by atoms with Gasteiger partial charge >= 0.3 is 0 Å². The van der Waals surface area contributed by atoms with Crippen LogP contribution in [0.1, 0.15) is 45.7 Å². The number of carbonyl (C=O) groups excluding carboxylic acids is 1. The fourth-order valence-electron chi connectivity index (χ4n) is 2.02. The smallest absolute Gasteiger partial charge is 0.236 e.